The van der Waals surface area contributed by atoms with Gasteiger partial charge in [-0.25, -0.2) is 4.98 Å². The molecule has 1 aromatic heterocycles. The molecule has 3 rings (SSSR count). The van der Waals surface area contributed by atoms with Crippen LogP contribution in [0.25, 0.3) is 11.0 Å². The summed E-state index contributed by atoms with van der Waals surface area (Å²) in [6.45, 7) is 0. The summed E-state index contributed by atoms with van der Waals surface area (Å²) in [7, 11) is 0. The number of amides is 1. The molecule has 19 heavy (non-hydrogen) atoms. The fourth-order valence-electron chi connectivity index (χ4n) is 1.80. The van der Waals surface area contributed by atoms with Gasteiger partial charge in [-0.05, 0) is 30.3 Å². The van der Waals surface area contributed by atoms with Crippen LogP contribution in [0.2, 0.25) is 0 Å². The number of nitrogens with zero attached hydrogens (tertiary/aromatic N) is 1. The molecule has 0 fully saturated rings. The lowest BCUT2D eigenvalue weighted by atomic mass is 10.3. The second-order valence-corrected chi connectivity index (χ2v) is 4.98. The minimum atomic E-state index is -0.251. The van der Waals surface area contributed by atoms with E-state index in [2.05, 4.69) is 31.2 Å². The Morgan fingerprint density at radius 2 is 1.95 bits per heavy atom. The molecule has 0 spiro atoms. The number of carbonyl (C=O) groups is 1. The van der Waals surface area contributed by atoms with E-state index in [9.17, 15) is 4.79 Å². The SMILES string of the molecule is O=C(Nc1ccccc1)c1nc2cc(Br)ccc2[nH]1. The van der Waals surface area contributed by atoms with Crippen molar-refractivity contribution in [1.29, 1.82) is 0 Å². The predicted molar refractivity (Wildman–Crippen MR) is 78.2 cm³/mol. The van der Waals surface area contributed by atoms with Crippen molar-refractivity contribution in [3.8, 4) is 0 Å². The first-order valence-corrected chi connectivity index (χ1v) is 6.53. The minimum absolute atomic E-state index is 0.251. The second-order valence-electron chi connectivity index (χ2n) is 4.07. The van der Waals surface area contributed by atoms with Crippen molar-refractivity contribution in [2.45, 2.75) is 0 Å². The van der Waals surface area contributed by atoms with Gasteiger partial charge in [0.25, 0.3) is 5.91 Å². The van der Waals surface area contributed by atoms with E-state index in [1.165, 1.54) is 0 Å². The van der Waals surface area contributed by atoms with Crippen molar-refractivity contribution >= 4 is 38.6 Å². The number of carbonyl (C=O) groups excluding carboxylic acids is 1. The highest BCUT2D eigenvalue weighted by molar-refractivity contribution is 9.10. The van der Waals surface area contributed by atoms with E-state index in [1.54, 1.807) is 0 Å². The summed E-state index contributed by atoms with van der Waals surface area (Å²) in [5.41, 5.74) is 2.34. The lowest BCUT2D eigenvalue weighted by Crippen LogP contribution is -2.13. The van der Waals surface area contributed by atoms with E-state index in [-0.39, 0.29) is 5.91 Å². The molecular weight excluding hydrogens is 306 g/mol. The van der Waals surface area contributed by atoms with Crippen LogP contribution in [0.4, 0.5) is 5.69 Å². The smallest absolute Gasteiger partial charge is 0.291 e. The van der Waals surface area contributed by atoms with Crippen molar-refractivity contribution in [3.63, 3.8) is 0 Å². The van der Waals surface area contributed by atoms with Crippen molar-refractivity contribution in [2.24, 2.45) is 0 Å². The molecule has 0 bridgehead atoms. The van der Waals surface area contributed by atoms with Crippen LogP contribution in [0.15, 0.2) is 53.0 Å². The Balaban J connectivity index is 1.89. The molecule has 5 heteroatoms. The molecule has 2 N–H and O–H groups in total. The summed E-state index contributed by atoms with van der Waals surface area (Å²) >= 11 is 3.38. The van der Waals surface area contributed by atoms with E-state index in [1.807, 2.05) is 48.5 Å². The van der Waals surface area contributed by atoms with Crippen LogP contribution in [0.5, 0.6) is 0 Å². The maximum atomic E-state index is 12.1. The summed E-state index contributed by atoms with van der Waals surface area (Å²) in [6, 6.07) is 14.9. The first-order valence-electron chi connectivity index (χ1n) is 5.74. The molecule has 0 aliphatic carbocycles. The molecule has 4 nitrogen and oxygen atoms in total. The third-order valence-corrected chi connectivity index (χ3v) is 3.19. The van der Waals surface area contributed by atoms with Crippen molar-refractivity contribution in [1.82, 2.24) is 9.97 Å². The van der Waals surface area contributed by atoms with Crippen LogP contribution < -0.4 is 5.32 Å². The van der Waals surface area contributed by atoms with Gasteiger partial charge in [-0.15, -0.1) is 0 Å². The standard InChI is InChI=1S/C14H10BrN3O/c15-9-6-7-11-12(8-9)18-13(17-11)14(19)16-10-4-2-1-3-5-10/h1-8H,(H,16,19)(H,17,18). The van der Waals surface area contributed by atoms with Gasteiger partial charge in [0.15, 0.2) is 5.82 Å². The molecule has 0 saturated carbocycles. The highest BCUT2D eigenvalue weighted by atomic mass is 79.9. The fourth-order valence-corrected chi connectivity index (χ4v) is 2.15. The molecule has 0 unspecified atom stereocenters. The molecular formula is C14H10BrN3O. The van der Waals surface area contributed by atoms with Crippen molar-refractivity contribution < 1.29 is 4.79 Å². The maximum Gasteiger partial charge on any atom is 0.291 e. The lowest BCUT2D eigenvalue weighted by molar-refractivity contribution is 0.101. The quantitative estimate of drug-likeness (QED) is 0.759. The Kier molecular flexibility index (Phi) is 3.05. The Bertz CT molecular complexity index is 737. The number of nitrogens with one attached hydrogen (secondary N) is 2. The summed E-state index contributed by atoms with van der Waals surface area (Å²) in [5.74, 6) is 0.0514. The van der Waals surface area contributed by atoms with Gasteiger partial charge in [-0.2, -0.15) is 0 Å². The maximum absolute atomic E-state index is 12.1. The zero-order valence-corrected chi connectivity index (χ0v) is 11.4. The van der Waals surface area contributed by atoms with E-state index in [0.717, 1.165) is 21.2 Å². The molecule has 0 aliphatic heterocycles. The summed E-state index contributed by atoms with van der Waals surface area (Å²) < 4.78 is 0.932. The van der Waals surface area contributed by atoms with Gasteiger partial charge in [-0.1, -0.05) is 34.1 Å². The number of anilines is 1. The number of aromatic amines is 1. The van der Waals surface area contributed by atoms with Gasteiger partial charge in [0.1, 0.15) is 0 Å². The number of halogens is 1. The number of hydrogen-bond acceptors (Lipinski definition) is 2. The Morgan fingerprint density at radius 1 is 1.16 bits per heavy atom. The second kappa shape index (κ2) is 4.85. The first-order chi connectivity index (χ1) is 9.22. The average Bonchev–Trinajstić information content (AvgIpc) is 2.83. The zero-order chi connectivity index (χ0) is 13.2. The number of imidazole rings is 1. The van der Waals surface area contributed by atoms with Crippen LogP contribution >= 0.6 is 15.9 Å². The Hall–Kier alpha value is -2.14. The monoisotopic (exact) mass is 315 g/mol. The van der Waals surface area contributed by atoms with Crippen LogP contribution in [0.1, 0.15) is 10.6 Å². The molecule has 1 amide bonds. The number of para-hydroxylation sites is 1. The van der Waals surface area contributed by atoms with Gasteiger partial charge in [0.05, 0.1) is 11.0 Å². The van der Waals surface area contributed by atoms with E-state index in [4.69, 9.17) is 0 Å². The molecule has 0 aliphatic rings. The third-order valence-electron chi connectivity index (χ3n) is 2.69. The molecule has 3 aromatic rings. The Labute approximate surface area is 118 Å². The van der Waals surface area contributed by atoms with E-state index in [0.29, 0.717) is 5.82 Å². The van der Waals surface area contributed by atoms with Crippen LogP contribution in [0, 0.1) is 0 Å². The zero-order valence-electron chi connectivity index (χ0n) is 9.85. The van der Waals surface area contributed by atoms with Crippen LogP contribution in [-0.4, -0.2) is 15.9 Å². The number of fused-ring (bicyclic) bond motifs is 1. The van der Waals surface area contributed by atoms with Crippen LogP contribution in [0.3, 0.4) is 0 Å². The third kappa shape index (κ3) is 2.51. The Morgan fingerprint density at radius 3 is 2.74 bits per heavy atom. The molecule has 0 radical (unpaired) electrons. The summed E-state index contributed by atoms with van der Waals surface area (Å²) in [5, 5.41) is 2.79. The molecule has 1 heterocycles. The van der Waals surface area contributed by atoms with Crippen LogP contribution in [-0.2, 0) is 0 Å². The normalized spacial score (nSPS) is 10.6. The largest absolute Gasteiger partial charge is 0.334 e. The number of aromatic nitrogens is 2. The number of hydrogen-bond donors (Lipinski definition) is 2. The summed E-state index contributed by atoms with van der Waals surface area (Å²) in [4.78, 5) is 19.3. The number of benzene rings is 2. The number of rotatable bonds is 2. The van der Waals surface area contributed by atoms with Gasteiger partial charge in [0.2, 0.25) is 0 Å². The number of H-pyrrole nitrogens is 1. The molecule has 0 saturated heterocycles. The average molecular weight is 316 g/mol. The minimum Gasteiger partial charge on any atom is -0.334 e. The molecule has 2 aromatic carbocycles. The fraction of sp³-hybridized carbons (Fsp3) is 0. The van der Waals surface area contributed by atoms with Gasteiger partial charge < -0.3 is 10.3 Å². The van der Waals surface area contributed by atoms with E-state index < -0.39 is 0 Å². The van der Waals surface area contributed by atoms with E-state index >= 15 is 0 Å². The lowest BCUT2D eigenvalue weighted by Gasteiger charge is -2.01. The molecule has 94 valence electrons. The van der Waals surface area contributed by atoms with Crippen molar-refractivity contribution in [2.75, 3.05) is 5.32 Å². The van der Waals surface area contributed by atoms with Crippen molar-refractivity contribution in [3.05, 3.63) is 58.8 Å². The highest BCUT2D eigenvalue weighted by Crippen LogP contribution is 2.18. The highest BCUT2D eigenvalue weighted by Gasteiger charge is 2.11. The topological polar surface area (TPSA) is 57.8 Å². The van der Waals surface area contributed by atoms with Gasteiger partial charge >= 0.3 is 0 Å². The first kappa shape index (κ1) is 11.9. The van der Waals surface area contributed by atoms with Gasteiger partial charge in [-0.3, -0.25) is 4.79 Å². The molecule has 0 atom stereocenters. The predicted octanol–water partition coefficient (Wildman–Crippen LogP) is 3.58. The summed E-state index contributed by atoms with van der Waals surface area (Å²) in [6.07, 6.45) is 0. The van der Waals surface area contributed by atoms with Gasteiger partial charge in [0, 0.05) is 10.2 Å².